The number of aromatic nitrogens is 1. The van der Waals surface area contributed by atoms with Crippen LogP contribution >= 0.6 is 0 Å². The third-order valence-electron chi connectivity index (χ3n) is 2.80. The summed E-state index contributed by atoms with van der Waals surface area (Å²) in [6.45, 7) is 3.50. The number of ether oxygens (including phenoxy) is 1. The smallest absolute Gasteiger partial charge is 0.437 e. The van der Waals surface area contributed by atoms with Crippen LogP contribution in [0.4, 0.5) is 13.2 Å². The molecule has 1 aromatic rings. The molecule has 0 aliphatic heterocycles. The monoisotopic (exact) mass is 329 g/mol. The number of esters is 1. The molecule has 0 spiro atoms. The largest absolute Gasteiger partial charge is 0.460 e. The zero-order valence-electron chi connectivity index (χ0n) is 11.7. The maximum absolute atomic E-state index is 12.9. The zero-order valence-corrected chi connectivity index (χ0v) is 12.6. The quantitative estimate of drug-likeness (QED) is 0.787. The number of rotatable bonds is 4. The van der Waals surface area contributed by atoms with Gasteiger partial charge in [0.05, 0.1) is 6.61 Å². The molecule has 0 radical (unpaired) electrons. The number of nitrogens with zero attached hydrogens (tertiary/aromatic N) is 1. The lowest BCUT2D eigenvalue weighted by molar-refractivity contribution is -0.141. The number of hydrogen-bond acceptors (Lipinski definition) is 6. The Labute approximate surface area is 119 Å². The van der Waals surface area contributed by atoms with Gasteiger partial charge in [0, 0.05) is 6.26 Å². The van der Waals surface area contributed by atoms with Gasteiger partial charge in [0.1, 0.15) is 4.75 Å². The first-order chi connectivity index (χ1) is 9.32. The summed E-state index contributed by atoms with van der Waals surface area (Å²) in [5.41, 5.74) is -1.60. The van der Waals surface area contributed by atoms with Crippen LogP contribution in [0, 0.1) is 0 Å². The molecular weight excluding hydrogens is 315 g/mol. The zero-order chi connectivity index (χ0) is 16.6. The van der Waals surface area contributed by atoms with Gasteiger partial charge < -0.3 is 9.15 Å². The number of carbonyl (C=O) groups is 1. The summed E-state index contributed by atoms with van der Waals surface area (Å²) in [4.78, 5) is 14.6. The molecule has 1 rings (SSSR count). The van der Waals surface area contributed by atoms with Crippen molar-refractivity contribution in [2.24, 2.45) is 0 Å². The Morgan fingerprint density at radius 3 is 2.24 bits per heavy atom. The second-order valence-corrected chi connectivity index (χ2v) is 7.26. The van der Waals surface area contributed by atoms with E-state index in [1.807, 2.05) is 0 Å². The highest BCUT2D eigenvalue weighted by Gasteiger charge is 2.46. The topological polar surface area (TPSA) is 86.5 Å². The van der Waals surface area contributed by atoms with E-state index in [0.29, 0.717) is 0 Å². The summed E-state index contributed by atoms with van der Waals surface area (Å²) < 4.78 is 69.2. The number of hydrogen-bond donors (Lipinski definition) is 0. The number of carbonyl (C=O) groups excluding carboxylic acids is 1. The number of oxazole rings is 1. The molecule has 0 saturated heterocycles. The van der Waals surface area contributed by atoms with Gasteiger partial charge in [0.25, 0.3) is 0 Å². The van der Waals surface area contributed by atoms with Crippen molar-refractivity contribution in [2.45, 2.75) is 31.7 Å². The third kappa shape index (κ3) is 3.36. The highest BCUT2D eigenvalue weighted by molar-refractivity contribution is 7.91. The van der Waals surface area contributed by atoms with E-state index >= 15 is 0 Å². The molecule has 0 unspecified atom stereocenters. The molecule has 0 amide bonds. The number of alkyl halides is 3. The Kier molecular flexibility index (Phi) is 4.42. The van der Waals surface area contributed by atoms with E-state index in [4.69, 9.17) is 4.42 Å². The first-order valence-corrected chi connectivity index (χ1v) is 7.66. The van der Waals surface area contributed by atoms with E-state index < -0.39 is 44.1 Å². The van der Waals surface area contributed by atoms with Gasteiger partial charge in [-0.15, -0.1) is 0 Å². The average Bonchev–Trinajstić information content (AvgIpc) is 2.72. The van der Waals surface area contributed by atoms with Gasteiger partial charge in [0.2, 0.25) is 11.7 Å². The first kappa shape index (κ1) is 17.5. The standard InChI is InChI=1S/C11H14F3NO5S/c1-5-19-8(16)6-7(11(12,13)14)15-9(20-6)10(2,3)21(4,17)18/h5H2,1-4H3. The van der Waals surface area contributed by atoms with Gasteiger partial charge in [-0.25, -0.2) is 18.2 Å². The molecule has 0 aliphatic carbocycles. The Hall–Kier alpha value is -1.58. The molecule has 10 heteroatoms. The van der Waals surface area contributed by atoms with Crippen molar-refractivity contribution in [2.75, 3.05) is 12.9 Å². The van der Waals surface area contributed by atoms with Crippen LogP contribution in [0.15, 0.2) is 4.42 Å². The van der Waals surface area contributed by atoms with E-state index in [-0.39, 0.29) is 6.61 Å². The van der Waals surface area contributed by atoms with Crippen LogP contribution in [0.25, 0.3) is 0 Å². The molecule has 0 bridgehead atoms. The van der Waals surface area contributed by atoms with Crippen molar-refractivity contribution in [3.63, 3.8) is 0 Å². The maximum Gasteiger partial charge on any atom is 0.437 e. The molecular formula is C11H14F3NO5S. The lowest BCUT2D eigenvalue weighted by atomic mass is 10.2. The van der Waals surface area contributed by atoms with Crippen molar-refractivity contribution >= 4 is 15.8 Å². The molecule has 21 heavy (non-hydrogen) atoms. The van der Waals surface area contributed by atoms with Crippen LogP contribution in [0.3, 0.4) is 0 Å². The van der Waals surface area contributed by atoms with Crippen LogP contribution in [-0.4, -0.2) is 32.2 Å². The first-order valence-electron chi connectivity index (χ1n) is 5.77. The van der Waals surface area contributed by atoms with E-state index in [2.05, 4.69) is 9.72 Å². The van der Waals surface area contributed by atoms with Gasteiger partial charge in [-0.1, -0.05) is 0 Å². The molecule has 0 saturated carbocycles. The fourth-order valence-electron chi connectivity index (χ4n) is 1.26. The molecule has 0 aliphatic rings. The van der Waals surface area contributed by atoms with Crippen molar-refractivity contribution in [1.29, 1.82) is 0 Å². The lowest BCUT2D eigenvalue weighted by Gasteiger charge is -2.17. The Balaban J connectivity index is 3.51. The van der Waals surface area contributed by atoms with Crippen LogP contribution in [0.2, 0.25) is 0 Å². The summed E-state index contributed by atoms with van der Waals surface area (Å²) in [6, 6.07) is 0. The van der Waals surface area contributed by atoms with Gasteiger partial charge in [-0.2, -0.15) is 13.2 Å². The van der Waals surface area contributed by atoms with Crippen molar-refractivity contribution < 1.29 is 35.5 Å². The van der Waals surface area contributed by atoms with E-state index in [1.165, 1.54) is 6.92 Å². The van der Waals surface area contributed by atoms with Crippen molar-refractivity contribution in [3.8, 4) is 0 Å². The Bertz CT molecular complexity index is 645. The maximum atomic E-state index is 12.9. The van der Waals surface area contributed by atoms with E-state index in [9.17, 15) is 26.4 Å². The van der Waals surface area contributed by atoms with E-state index in [1.54, 1.807) is 0 Å². The summed E-state index contributed by atoms with van der Waals surface area (Å²) in [5, 5.41) is 0. The average molecular weight is 329 g/mol. The molecule has 6 nitrogen and oxygen atoms in total. The fraction of sp³-hybridized carbons (Fsp3) is 0.636. The van der Waals surface area contributed by atoms with E-state index in [0.717, 1.165) is 20.1 Å². The minimum atomic E-state index is -4.97. The molecule has 0 aromatic carbocycles. The van der Waals surface area contributed by atoms with Gasteiger partial charge >= 0.3 is 12.1 Å². The normalized spacial score (nSPS) is 13.3. The summed E-state index contributed by atoms with van der Waals surface area (Å²) >= 11 is 0. The minimum Gasteiger partial charge on any atom is -0.460 e. The molecule has 0 atom stereocenters. The SMILES string of the molecule is CCOC(=O)c1oc(C(C)(C)S(C)(=O)=O)nc1C(F)(F)F. The van der Waals surface area contributed by atoms with Crippen LogP contribution < -0.4 is 0 Å². The van der Waals surface area contributed by atoms with Crippen LogP contribution in [0.5, 0.6) is 0 Å². The van der Waals surface area contributed by atoms with Crippen LogP contribution in [0.1, 0.15) is 42.9 Å². The predicted octanol–water partition coefficient (Wildman–Crippen LogP) is 2.15. The summed E-state index contributed by atoms with van der Waals surface area (Å²) in [7, 11) is -3.82. The Morgan fingerprint density at radius 1 is 1.33 bits per heavy atom. The number of sulfone groups is 1. The molecule has 0 N–H and O–H groups in total. The minimum absolute atomic E-state index is 0.165. The molecule has 1 aromatic heterocycles. The van der Waals surface area contributed by atoms with Crippen LogP contribution in [-0.2, 0) is 25.5 Å². The highest BCUT2D eigenvalue weighted by Crippen LogP contribution is 2.36. The Morgan fingerprint density at radius 2 is 1.86 bits per heavy atom. The second-order valence-electron chi connectivity index (χ2n) is 4.70. The fourth-order valence-corrected chi connectivity index (χ4v) is 1.67. The van der Waals surface area contributed by atoms with Gasteiger partial charge in [-0.3, -0.25) is 0 Å². The lowest BCUT2D eigenvalue weighted by Crippen LogP contribution is -2.28. The van der Waals surface area contributed by atoms with Crippen molar-refractivity contribution in [3.05, 3.63) is 17.3 Å². The predicted molar refractivity (Wildman–Crippen MR) is 65.3 cm³/mol. The van der Waals surface area contributed by atoms with Gasteiger partial charge in [-0.05, 0) is 20.8 Å². The second kappa shape index (κ2) is 5.32. The summed E-state index contributed by atoms with van der Waals surface area (Å²) in [6.07, 6.45) is -4.15. The molecule has 1 heterocycles. The van der Waals surface area contributed by atoms with Gasteiger partial charge in [0.15, 0.2) is 15.5 Å². The number of halogens is 3. The molecule has 0 fully saturated rings. The highest BCUT2D eigenvalue weighted by atomic mass is 32.2. The van der Waals surface area contributed by atoms with Crippen molar-refractivity contribution in [1.82, 2.24) is 4.98 Å². The molecule has 120 valence electrons. The summed E-state index contributed by atoms with van der Waals surface area (Å²) in [5.74, 6) is -3.23. The third-order valence-corrected chi connectivity index (χ3v) is 4.83.